The predicted octanol–water partition coefficient (Wildman–Crippen LogP) is 2.44. The Morgan fingerprint density at radius 3 is 2.62 bits per heavy atom. The second-order valence-electron chi connectivity index (χ2n) is 4.25. The zero-order chi connectivity index (χ0) is 15.6. The molecule has 0 spiro atoms. The number of benzene rings is 1. The molecule has 0 saturated heterocycles. The summed E-state index contributed by atoms with van der Waals surface area (Å²) in [4.78, 5) is -0.236. The number of halogens is 2. The van der Waals surface area contributed by atoms with Gasteiger partial charge in [0, 0.05) is 24.4 Å². The molecule has 9 heteroatoms. The molecule has 0 atom stereocenters. The Labute approximate surface area is 132 Å². The maximum Gasteiger partial charge on any atom is 0.239 e. The first-order valence-electron chi connectivity index (χ1n) is 5.97. The van der Waals surface area contributed by atoms with Crippen molar-refractivity contribution < 1.29 is 13.2 Å². The molecule has 0 radical (unpaired) electrons. The van der Waals surface area contributed by atoms with E-state index in [4.69, 9.17) is 33.1 Å². The summed E-state index contributed by atoms with van der Waals surface area (Å²) in [5.74, 6) is 0.276. The standard InChI is InChI=1S/C12H13Cl2N3O3S/c1-2-17-6-8(5-16-17)7-20-11-3-10(14)12(4-9(11)13)21(15,18)19/h3-6H,2,7H2,1H3,(H2,15,18,19). The topological polar surface area (TPSA) is 87.2 Å². The van der Waals surface area contributed by atoms with Crippen LogP contribution in [0.3, 0.4) is 0 Å². The SMILES string of the molecule is CCn1cc(COc2cc(Cl)c(S(N)(=O)=O)cc2Cl)cn1. The summed E-state index contributed by atoms with van der Waals surface area (Å²) in [5.41, 5.74) is 0.861. The van der Waals surface area contributed by atoms with Crippen molar-refractivity contribution in [3.8, 4) is 5.75 Å². The minimum atomic E-state index is -3.93. The van der Waals surface area contributed by atoms with Crippen LogP contribution in [0.1, 0.15) is 12.5 Å². The van der Waals surface area contributed by atoms with Crippen LogP contribution in [0.15, 0.2) is 29.4 Å². The zero-order valence-electron chi connectivity index (χ0n) is 11.1. The molecule has 1 heterocycles. The van der Waals surface area contributed by atoms with E-state index < -0.39 is 10.0 Å². The normalized spacial score (nSPS) is 11.6. The average molecular weight is 350 g/mol. The number of aryl methyl sites for hydroxylation is 1. The Bertz CT molecular complexity index is 759. The Balaban J connectivity index is 2.19. The van der Waals surface area contributed by atoms with Gasteiger partial charge in [0.1, 0.15) is 17.3 Å². The van der Waals surface area contributed by atoms with E-state index in [1.165, 1.54) is 12.1 Å². The lowest BCUT2D eigenvalue weighted by Gasteiger charge is -2.09. The number of ether oxygens (including phenoxy) is 1. The summed E-state index contributed by atoms with van der Waals surface area (Å²) in [6.45, 7) is 2.97. The number of primary sulfonamides is 1. The van der Waals surface area contributed by atoms with Crippen LogP contribution in [0, 0.1) is 0 Å². The van der Waals surface area contributed by atoms with Crippen molar-refractivity contribution in [1.29, 1.82) is 0 Å². The first kappa shape index (κ1) is 16.1. The second-order valence-corrected chi connectivity index (χ2v) is 6.60. The minimum absolute atomic E-state index is 0.0406. The molecule has 2 rings (SSSR count). The molecule has 114 valence electrons. The van der Waals surface area contributed by atoms with Crippen molar-refractivity contribution in [3.05, 3.63) is 40.1 Å². The first-order valence-corrected chi connectivity index (χ1v) is 8.27. The fourth-order valence-electron chi connectivity index (χ4n) is 1.65. The number of sulfonamides is 1. The molecule has 0 aliphatic rings. The van der Waals surface area contributed by atoms with E-state index in [1.807, 2.05) is 13.1 Å². The van der Waals surface area contributed by atoms with Crippen molar-refractivity contribution in [2.45, 2.75) is 25.0 Å². The fraction of sp³-hybridized carbons (Fsp3) is 0.250. The van der Waals surface area contributed by atoms with Gasteiger partial charge in [-0.05, 0) is 13.0 Å². The molecular formula is C12H13Cl2N3O3S. The highest BCUT2D eigenvalue weighted by molar-refractivity contribution is 7.89. The third-order valence-corrected chi connectivity index (χ3v) is 4.37. The number of aromatic nitrogens is 2. The number of hydrogen-bond donors (Lipinski definition) is 1. The van der Waals surface area contributed by atoms with Gasteiger partial charge in [-0.15, -0.1) is 0 Å². The fourth-order valence-corrected chi connectivity index (χ4v) is 3.03. The lowest BCUT2D eigenvalue weighted by molar-refractivity contribution is 0.306. The first-order chi connectivity index (χ1) is 9.81. The maximum atomic E-state index is 11.3. The highest BCUT2D eigenvalue weighted by Gasteiger charge is 2.17. The van der Waals surface area contributed by atoms with Crippen LogP contribution >= 0.6 is 23.2 Å². The highest BCUT2D eigenvalue weighted by atomic mass is 35.5. The Hall–Kier alpha value is -1.28. The summed E-state index contributed by atoms with van der Waals surface area (Å²) in [6, 6.07) is 2.50. The van der Waals surface area contributed by atoms with Gasteiger partial charge < -0.3 is 4.74 Å². The third-order valence-electron chi connectivity index (χ3n) is 2.70. The van der Waals surface area contributed by atoms with Crippen LogP contribution < -0.4 is 9.88 Å². The van der Waals surface area contributed by atoms with Crippen LogP contribution in [0.2, 0.25) is 10.0 Å². The molecule has 0 aliphatic carbocycles. The molecule has 2 aromatic rings. The van der Waals surface area contributed by atoms with E-state index in [1.54, 1.807) is 10.9 Å². The van der Waals surface area contributed by atoms with Crippen LogP contribution in [-0.2, 0) is 23.2 Å². The van der Waals surface area contributed by atoms with Crippen molar-refractivity contribution in [2.24, 2.45) is 5.14 Å². The third kappa shape index (κ3) is 3.88. The van der Waals surface area contributed by atoms with E-state index in [0.29, 0.717) is 0 Å². The number of hydrogen-bond acceptors (Lipinski definition) is 4. The van der Waals surface area contributed by atoms with E-state index >= 15 is 0 Å². The van der Waals surface area contributed by atoms with Gasteiger partial charge in [-0.1, -0.05) is 23.2 Å². The van der Waals surface area contributed by atoms with Gasteiger partial charge >= 0.3 is 0 Å². The zero-order valence-corrected chi connectivity index (χ0v) is 13.4. The molecule has 0 saturated carbocycles. The van der Waals surface area contributed by atoms with Gasteiger partial charge in [0.2, 0.25) is 10.0 Å². The van der Waals surface area contributed by atoms with E-state index in [9.17, 15) is 8.42 Å². The highest BCUT2D eigenvalue weighted by Crippen LogP contribution is 2.33. The Morgan fingerprint density at radius 1 is 1.33 bits per heavy atom. The van der Waals surface area contributed by atoms with Gasteiger partial charge in [-0.2, -0.15) is 5.10 Å². The van der Waals surface area contributed by atoms with E-state index in [-0.39, 0.29) is 27.3 Å². The summed E-state index contributed by atoms with van der Waals surface area (Å²) in [7, 11) is -3.93. The van der Waals surface area contributed by atoms with Gasteiger partial charge in [-0.3, -0.25) is 4.68 Å². The van der Waals surface area contributed by atoms with Gasteiger partial charge in [0.05, 0.1) is 16.2 Å². The molecule has 1 aromatic heterocycles. The average Bonchev–Trinajstić information content (AvgIpc) is 2.86. The number of nitrogens with zero attached hydrogens (tertiary/aromatic N) is 2. The van der Waals surface area contributed by atoms with E-state index in [2.05, 4.69) is 5.10 Å². The number of rotatable bonds is 5. The second kappa shape index (κ2) is 6.23. The Kier molecular flexibility index (Phi) is 4.77. The van der Waals surface area contributed by atoms with Crippen LogP contribution in [0.5, 0.6) is 5.75 Å². The summed E-state index contributed by atoms with van der Waals surface area (Å²) in [5, 5.41) is 9.23. The molecule has 0 aliphatic heterocycles. The summed E-state index contributed by atoms with van der Waals surface area (Å²) in [6.07, 6.45) is 3.52. The van der Waals surface area contributed by atoms with Gasteiger partial charge in [0.15, 0.2) is 0 Å². The van der Waals surface area contributed by atoms with Crippen LogP contribution in [0.4, 0.5) is 0 Å². The number of nitrogens with two attached hydrogens (primary N) is 1. The monoisotopic (exact) mass is 349 g/mol. The molecule has 2 N–H and O–H groups in total. The van der Waals surface area contributed by atoms with Crippen molar-refractivity contribution in [3.63, 3.8) is 0 Å². The van der Waals surface area contributed by atoms with Crippen LogP contribution in [-0.4, -0.2) is 18.2 Å². The molecule has 21 heavy (non-hydrogen) atoms. The predicted molar refractivity (Wildman–Crippen MR) is 80.1 cm³/mol. The largest absolute Gasteiger partial charge is 0.487 e. The Morgan fingerprint density at radius 2 is 2.05 bits per heavy atom. The van der Waals surface area contributed by atoms with E-state index in [0.717, 1.165) is 12.1 Å². The molecule has 0 amide bonds. The maximum absolute atomic E-state index is 11.3. The van der Waals surface area contributed by atoms with Crippen molar-refractivity contribution in [2.75, 3.05) is 0 Å². The summed E-state index contributed by atoms with van der Waals surface area (Å²) >= 11 is 11.9. The quantitative estimate of drug-likeness (QED) is 0.897. The summed E-state index contributed by atoms with van der Waals surface area (Å²) < 4.78 is 29.9. The molecule has 6 nitrogen and oxygen atoms in total. The lowest BCUT2D eigenvalue weighted by Crippen LogP contribution is -2.12. The minimum Gasteiger partial charge on any atom is -0.487 e. The lowest BCUT2D eigenvalue weighted by atomic mass is 10.3. The molecular weight excluding hydrogens is 337 g/mol. The van der Waals surface area contributed by atoms with Gasteiger partial charge in [0.25, 0.3) is 0 Å². The van der Waals surface area contributed by atoms with Crippen molar-refractivity contribution in [1.82, 2.24) is 9.78 Å². The van der Waals surface area contributed by atoms with Crippen molar-refractivity contribution >= 4 is 33.2 Å². The van der Waals surface area contributed by atoms with Crippen LogP contribution in [0.25, 0.3) is 0 Å². The smallest absolute Gasteiger partial charge is 0.239 e. The van der Waals surface area contributed by atoms with Gasteiger partial charge in [-0.25, -0.2) is 13.6 Å². The molecule has 1 aromatic carbocycles. The molecule has 0 bridgehead atoms. The molecule has 0 unspecified atom stereocenters. The molecule has 0 fully saturated rings.